The third kappa shape index (κ3) is 1.43. The number of allylic oxidation sites excluding steroid dienone is 2. The van der Waals surface area contributed by atoms with E-state index in [9.17, 15) is 0 Å². The molecule has 77 valence electrons. The lowest BCUT2D eigenvalue weighted by atomic mass is 9.84. The summed E-state index contributed by atoms with van der Waals surface area (Å²) in [6.45, 7) is 4.41. The van der Waals surface area contributed by atoms with Crippen LogP contribution in [0.1, 0.15) is 29.5 Å². The largest absolute Gasteiger partial charge is 0.0851 e. The first-order valence-electron chi connectivity index (χ1n) is 5.86. The van der Waals surface area contributed by atoms with Gasteiger partial charge >= 0.3 is 0 Å². The molecule has 3 rings (SSSR count). The van der Waals surface area contributed by atoms with Crippen LogP contribution in [0.4, 0.5) is 0 Å². The van der Waals surface area contributed by atoms with E-state index in [4.69, 9.17) is 0 Å². The van der Waals surface area contributed by atoms with Gasteiger partial charge in [0.05, 0.1) is 0 Å². The smallest absolute Gasteiger partial charge is 0.0127 e. The predicted molar refractivity (Wildman–Crippen MR) is 63.6 cm³/mol. The fourth-order valence-corrected chi connectivity index (χ4v) is 3.10. The third-order valence-corrected chi connectivity index (χ3v) is 3.83. The Morgan fingerprint density at radius 1 is 1.13 bits per heavy atom. The fraction of sp³-hybridized carbons (Fsp3) is 0.400. The second kappa shape index (κ2) is 3.23. The van der Waals surface area contributed by atoms with Crippen LogP contribution in [0, 0.1) is 31.6 Å². The molecule has 1 radical (unpaired) electrons. The Hall–Kier alpha value is -1.04. The van der Waals surface area contributed by atoms with Crippen LogP contribution < -0.4 is 0 Å². The first-order chi connectivity index (χ1) is 7.24. The lowest BCUT2D eigenvalue weighted by molar-refractivity contribution is 0.693. The number of rotatable bonds is 1. The van der Waals surface area contributed by atoms with Gasteiger partial charge in [0.15, 0.2) is 0 Å². The summed E-state index contributed by atoms with van der Waals surface area (Å²) in [5.41, 5.74) is 4.33. The van der Waals surface area contributed by atoms with E-state index >= 15 is 0 Å². The van der Waals surface area contributed by atoms with Gasteiger partial charge in [0.25, 0.3) is 0 Å². The summed E-state index contributed by atoms with van der Waals surface area (Å²) in [4.78, 5) is 0. The van der Waals surface area contributed by atoms with Gasteiger partial charge in [0, 0.05) is 5.92 Å². The average Bonchev–Trinajstić information content (AvgIpc) is 2.78. The van der Waals surface area contributed by atoms with Crippen LogP contribution in [0.25, 0.3) is 0 Å². The van der Waals surface area contributed by atoms with Crippen molar-refractivity contribution in [1.82, 2.24) is 0 Å². The van der Waals surface area contributed by atoms with Crippen LogP contribution in [0.2, 0.25) is 0 Å². The van der Waals surface area contributed by atoms with E-state index in [-0.39, 0.29) is 0 Å². The van der Waals surface area contributed by atoms with Gasteiger partial charge in [-0.2, -0.15) is 0 Å². The molecule has 1 fully saturated rings. The van der Waals surface area contributed by atoms with Crippen molar-refractivity contribution >= 4 is 0 Å². The molecule has 0 saturated heterocycles. The molecular formula is C15H17. The van der Waals surface area contributed by atoms with Crippen LogP contribution in [-0.4, -0.2) is 0 Å². The molecule has 0 spiro atoms. The van der Waals surface area contributed by atoms with Gasteiger partial charge in [-0.05, 0) is 49.7 Å². The molecule has 0 heteroatoms. The van der Waals surface area contributed by atoms with E-state index in [1.54, 1.807) is 5.92 Å². The van der Waals surface area contributed by atoms with Crippen molar-refractivity contribution in [3.63, 3.8) is 0 Å². The number of fused-ring (bicyclic) bond motifs is 2. The summed E-state index contributed by atoms with van der Waals surface area (Å²) >= 11 is 0. The quantitative estimate of drug-likeness (QED) is 0.600. The molecule has 1 saturated carbocycles. The average molecular weight is 197 g/mol. The fourth-order valence-electron chi connectivity index (χ4n) is 3.10. The van der Waals surface area contributed by atoms with Crippen molar-refractivity contribution in [2.75, 3.05) is 0 Å². The summed E-state index contributed by atoms with van der Waals surface area (Å²) in [5.74, 6) is 3.27. The molecule has 0 nitrogen and oxygen atoms in total. The Kier molecular flexibility index (Phi) is 1.98. The minimum Gasteiger partial charge on any atom is -0.0851 e. The molecule has 15 heavy (non-hydrogen) atoms. The predicted octanol–water partition coefficient (Wildman–Crippen LogP) is 3.82. The van der Waals surface area contributed by atoms with Crippen LogP contribution in [-0.2, 0) is 0 Å². The van der Waals surface area contributed by atoms with Crippen LogP contribution >= 0.6 is 0 Å². The van der Waals surface area contributed by atoms with Gasteiger partial charge in [-0.25, -0.2) is 0 Å². The molecule has 0 aliphatic heterocycles. The first kappa shape index (κ1) is 9.21. The van der Waals surface area contributed by atoms with Crippen molar-refractivity contribution in [3.8, 4) is 0 Å². The maximum absolute atomic E-state index is 2.41. The second-order valence-corrected chi connectivity index (χ2v) is 5.03. The van der Waals surface area contributed by atoms with Gasteiger partial charge in [-0.1, -0.05) is 35.9 Å². The van der Waals surface area contributed by atoms with E-state index in [0.717, 1.165) is 11.8 Å². The monoisotopic (exact) mass is 197 g/mol. The van der Waals surface area contributed by atoms with Gasteiger partial charge in [-0.15, -0.1) is 0 Å². The van der Waals surface area contributed by atoms with Crippen molar-refractivity contribution in [1.29, 1.82) is 0 Å². The molecule has 1 aromatic carbocycles. The molecule has 2 aliphatic rings. The van der Waals surface area contributed by atoms with Crippen molar-refractivity contribution < 1.29 is 0 Å². The van der Waals surface area contributed by atoms with Crippen LogP contribution in [0.3, 0.4) is 0 Å². The van der Waals surface area contributed by atoms with Crippen molar-refractivity contribution in [2.24, 2.45) is 11.8 Å². The summed E-state index contributed by atoms with van der Waals surface area (Å²) < 4.78 is 0. The zero-order chi connectivity index (χ0) is 10.4. The molecule has 0 aromatic heterocycles. The maximum Gasteiger partial charge on any atom is 0.0127 e. The number of aryl methyl sites for hydroxylation is 2. The first-order valence-corrected chi connectivity index (χ1v) is 5.86. The van der Waals surface area contributed by atoms with Gasteiger partial charge in [0.1, 0.15) is 0 Å². The number of hydrogen-bond acceptors (Lipinski definition) is 0. The van der Waals surface area contributed by atoms with Gasteiger partial charge in [0.2, 0.25) is 0 Å². The van der Waals surface area contributed by atoms with E-state index in [0.29, 0.717) is 0 Å². The van der Waals surface area contributed by atoms with Gasteiger partial charge < -0.3 is 0 Å². The van der Waals surface area contributed by atoms with Crippen LogP contribution in [0.5, 0.6) is 0 Å². The minimum absolute atomic E-state index is 0.747. The van der Waals surface area contributed by atoms with Crippen molar-refractivity contribution in [3.05, 3.63) is 53.0 Å². The summed E-state index contributed by atoms with van der Waals surface area (Å²) in [5, 5.41) is 0. The Balaban J connectivity index is 1.97. The Bertz CT molecular complexity index is 414. The van der Waals surface area contributed by atoms with E-state index < -0.39 is 0 Å². The molecule has 0 amide bonds. The zero-order valence-electron chi connectivity index (χ0n) is 9.46. The Morgan fingerprint density at radius 2 is 2.00 bits per heavy atom. The molecule has 0 heterocycles. The highest BCUT2D eigenvalue weighted by Crippen LogP contribution is 2.48. The number of benzene rings is 1. The highest BCUT2D eigenvalue weighted by molar-refractivity contribution is 5.45. The summed E-state index contributed by atoms with van der Waals surface area (Å²) in [7, 11) is 0. The third-order valence-electron chi connectivity index (χ3n) is 3.83. The second-order valence-electron chi connectivity index (χ2n) is 5.03. The lowest BCUT2D eigenvalue weighted by Crippen LogP contribution is -2.07. The van der Waals surface area contributed by atoms with E-state index in [1.807, 2.05) is 0 Å². The van der Waals surface area contributed by atoms with E-state index in [2.05, 4.69) is 44.2 Å². The molecule has 0 N–H and O–H groups in total. The lowest BCUT2D eigenvalue weighted by Gasteiger charge is -2.20. The van der Waals surface area contributed by atoms with Crippen LogP contribution in [0.15, 0.2) is 30.4 Å². The molecule has 2 bridgehead atoms. The Morgan fingerprint density at radius 3 is 2.60 bits per heavy atom. The highest BCUT2D eigenvalue weighted by Gasteiger charge is 2.37. The molecular weight excluding hydrogens is 180 g/mol. The molecule has 2 aliphatic carbocycles. The van der Waals surface area contributed by atoms with Crippen molar-refractivity contribution in [2.45, 2.75) is 26.7 Å². The molecule has 2 unspecified atom stereocenters. The zero-order valence-corrected chi connectivity index (χ0v) is 9.46. The normalized spacial score (nSPS) is 28.9. The summed E-state index contributed by atoms with van der Waals surface area (Å²) in [6.07, 6.45) is 7.47. The molecule has 2 atom stereocenters. The SMILES string of the molecule is Cc1ccc([C]2CC3C=CC2C3)c(C)c1. The molecule has 1 aromatic rings. The Labute approximate surface area is 92.0 Å². The van der Waals surface area contributed by atoms with E-state index in [1.165, 1.54) is 29.5 Å². The van der Waals surface area contributed by atoms with Gasteiger partial charge in [-0.3, -0.25) is 0 Å². The minimum atomic E-state index is 0.747. The maximum atomic E-state index is 2.41. The summed E-state index contributed by atoms with van der Waals surface area (Å²) in [6, 6.07) is 6.86. The topological polar surface area (TPSA) is 0 Å². The highest BCUT2D eigenvalue weighted by atomic mass is 14.4. The number of hydrogen-bond donors (Lipinski definition) is 0. The standard InChI is InChI=1S/C15H17/c1-10-3-6-14(11(2)7-10)15-9-12-4-5-13(15)8-12/h3-7,12-13H,8-9H2,1-2H3.